The van der Waals surface area contributed by atoms with E-state index >= 15 is 0 Å². The zero-order valence-corrected chi connectivity index (χ0v) is 15.3. The molecule has 1 atom stereocenters. The van der Waals surface area contributed by atoms with Crippen molar-refractivity contribution < 1.29 is 4.52 Å². The summed E-state index contributed by atoms with van der Waals surface area (Å²) in [6.07, 6.45) is 0. The van der Waals surface area contributed by atoms with Gasteiger partial charge >= 0.3 is 0 Å². The first-order valence-corrected chi connectivity index (χ1v) is 9.14. The molecule has 0 spiro atoms. The topological polar surface area (TPSA) is 45.4 Å². The van der Waals surface area contributed by atoms with Crippen molar-refractivity contribution in [1.82, 2.24) is 19.9 Å². The van der Waals surface area contributed by atoms with E-state index < -0.39 is 0 Å². The molecule has 0 bridgehead atoms. The molecule has 126 valence electrons. The van der Waals surface area contributed by atoms with Crippen molar-refractivity contribution in [3.8, 4) is 0 Å². The molecule has 1 saturated heterocycles. The molecule has 0 aliphatic carbocycles. The Morgan fingerprint density at radius 3 is 2.57 bits per heavy atom. The van der Waals surface area contributed by atoms with Crippen molar-refractivity contribution in [1.29, 1.82) is 0 Å². The molecule has 3 rings (SSSR count). The van der Waals surface area contributed by atoms with E-state index in [9.17, 15) is 0 Å². The number of nitrogens with zero attached hydrogens (tertiary/aromatic N) is 4. The maximum absolute atomic E-state index is 5.50. The van der Waals surface area contributed by atoms with Gasteiger partial charge in [0.15, 0.2) is 5.82 Å². The van der Waals surface area contributed by atoms with Crippen LogP contribution in [0.5, 0.6) is 0 Å². The Bertz CT molecular complexity index is 609. The fourth-order valence-corrected chi connectivity index (χ4v) is 3.54. The Balaban J connectivity index is 1.55. The summed E-state index contributed by atoms with van der Waals surface area (Å²) in [5.41, 5.74) is -0.0686. The van der Waals surface area contributed by atoms with Crippen LogP contribution in [0, 0.1) is 0 Å². The van der Waals surface area contributed by atoms with E-state index in [0.717, 1.165) is 44.4 Å². The van der Waals surface area contributed by atoms with Crippen LogP contribution in [-0.2, 0) is 12.0 Å². The summed E-state index contributed by atoms with van der Waals surface area (Å²) in [5, 5.41) is 6.30. The van der Waals surface area contributed by atoms with Gasteiger partial charge in [0.2, 0.25) is 5.89 Å². The van der Waals surface area contributed by atoms with Crippen LogP contribution in [0.15, 0.2) is 22.0 Å². The third kappa shape index (κ3) is 4.00. The van der Waals surface area contributed by atoms with E-state index in [-0.39, 0.29) is 11.5 Å². The molecule has 0 aromatic carbocycles. The van der Waals surface area contributed by atoms with Crippen molar-refractivity contribution in [3.05, 3.63) is 34.1 Å². The van der Waals surface area contributed by atoms with E-state index in [2.05, 4.69) is 65.1 Å². The Morgan fingerprint density at radius 1 is 1.26 bits per heavy atom. The first-order valence-electron chi connectivity index (χ1n) is 8.26. The van der Waals surface area contributed by atoms with Gasteiger partial charge in [0.25, 0.3) is 0 Å². The molecule has 0 amide bonds. The number of rotatable bonds is 4. The number of aromatic nitrogens is 2. The predicted molar refractivity (Wildman–Crippen MR) is 92.6 cm³/mol. The van der Waals surface area contributed by atoms with Crippen LogP contribution in [0.4, 0.5) is 0 Å². The average Bonchev–Trinajstić information content (AvgIpc) is 3.18. The SMILES string of the molecule is CC(c1nc(C(C)(C)C)no1)N1CCN(Cc2cccs2)CC1. The highest BCUT2D eigenvalue weighted by Crippen LogP contribution is 2.25. The fraction of sp³-hybridized carbons (Fsp3) is 0.647. The summed E-state index contributed by atoms with van der Waals surface area (Å²) in [7, 11) is 0. The quantitative estimate of drug-likeness (QED) is 0.858. The van der Waals surface area contributed by atoms with Gasteiger partial charge in [0.05, 0.1) is 6.04 Å². The highest BCUT2D eigenvalue weighted by atomic mass is 32.1. The standard InChI is InChI=1S/C17H26N4OS/c1-13(15-18-16(19-22-15)17(2,3)4)21-9-7-20(8-10-21)12-14-6-5-11-23-14/h5-6,11,13H,7-10,12H2,1-4H3. The second kappa shape index (κ2) is 6.71. The second-order valence-corrected chi connectivity index (χ2v) is 8.31. The Kier molecular flexibility index (Phi) is 4.85. The van der Waals surface area contributed by atoms with E-state index in [0.29, 0.717) is 0 Å². The van der Waals surface area contributed by atoms with E-state index in [4.69, 9.17) is 4.52 Å². The molecule has 1 unspecified atom stereocenters. The lowest BCUT2D eigenvalue weighted by Crippen LogP contribution is -2.46. The predicted octanol–water partition coefficient (Wildman–Crippen LogP) is 3.31. The van der Waals surface area contributed by atoms with Crippen molar-refractivity contribution in [3.63, 3.8) is 0 Å². The summed E-state index contributed by atoms with van der Waals surface area (Å²) in [5.74, 6) is 1.53. The molecule has 0 saturated carbocycles. The maximum atomic E-state index is 5.50. The first-order chi connectivity index (χ1) is 10.9. The molecule has 1 fully saturated rings. The summed E-state index contributed by atoms with van der Waals surface area (Å²) < 4.78 is 5.50. The number of hydrogen-bond acceptors (Lipinski definition) is 6. The van der Waals surface area contributed by atoms with Crippen LogP contribution in [-0.4, -0.2) is 46.1 Å². The maximum Gasteiger partial charge on any atom is 0.243 e. The molecule has 0 N–H and O–H groups in total. The number of piperazine rings is 1. The Hall–Kier alpha value is -1.24. The normalized spacial score (nSPS) is 19.1. The van der Waals surface area contributed by atoms with Gasteiger partial charge in [-0.15, -0.1) is 11.3 Å². The molecule has 5 nitrogen and oxygen atoms in total. The average molecular weight is 334 g/mol. The van der Waals surface area contributed by atoms with Gasteiger partial charge in [-0.3, -0.25) is 9.80 Å². The van der Waals surface area contributed by atoms with E-state index in [1.165, 1.54) is 4.88 Å². The van der Waals surface area contributed by atoms with Gasteiger partial charge in [0, 0.05) is 43.0 Å². The van der Waals surface area contributed by atoms with Crippen LogP contribution >= 0.6 is 11.3 Å². The third-order valence-corrected chi connectivity index (χ3v) is 5.25. The summed E-state index contributed by atoms with van der Waals surface area (Å²) in [4.78, 5) is 11.0. The third-order valence-electron chi connectivity index (χ3n) is 4.38. The highest BCUT2D eigenvalue weighted by molar-refractivity contribution is 7.09. The minimum atomic E-state index is -0.0686. The number of thiophene rings is 1. The van der Waals surface area contributed by atoms with Gasteiger partial charge in [-0.25, -0.2) is 0 Å². The minimum absolute atomic E-state index is 0.0686. The summed E-state index contributed by atoms with van der Waals surface area (Å²) in [6.45, 7) is 13.8. The lowest BCUT2D eigenvalue weighted by molar-refractivity contribution is 0.0850. The van der Waals surface area contributed by atoms with Crippen molar-refractivity contribution in [2.45, 2.75) is 45.7 Å². The van der Waals surface area contributed by atoms with E-state index in [1.807, 2.05) is 11.3 Å². The van der Waals surface area contributed by atoms with Crippen molar-refractivity contribution >= 4 is 11.3 Å². The Morgan fingerprint density at radius 2 is 2.00 bits per heavy atom. The molecule has 6 heteroatoms. The summed E-state index contributed by atoms with van der Waals surface area (Å²) in [6, 6.07) is 4.52. The highest BCUT2D eigenvalue weighted by Gasteiger charge is 2.28. The molecule has 0 radical (unpaired) electrons. The Labute approximate surface area is 142 Å². The minimum Gasteiger partial charge on any atom is -0.338 e. The molecule has 2 aromatic heterocycles. The van der Waals surface area contributed by atoms with E-state index in [1.54, 1.807) is 0 Å². The smallest absolute Gasteiger partial charge is 0.243 e. The number of hydrogen-bond donors (Lipinski definition) is 0. The van der Waals surface area contributed by atoms with Crippen LogP contribution < -0.4 is 0 Å². The molecule has 3 heterocycles. The van der Waals surface area contributed by atoms with Gasteiger partial charge in [-0.1, -0.05) is 32.0 Å². The van der Waals surface area contributed by atoms with Crippen LogP contribution in [0.25, 0.3) is 0 Å². The van der Waals surface area contributed by atoms with Crippen LogP contribution in [0.2, 0.25) is 0 Å². The van der Waals surface area contributed by atoms with Crippen molar-refractivity contribution in [2.24, 2.45) is 0 Å². The molecule has 1 aliphatic heterocycles. The van der Waals surface area contributed by atoms with Gasteiger partial charge in [-0.05, 0) is 18.4 Å². The largest absolute Gasteiger partial charge is 0.338 e. The molecular formula is C17H26N4OS. The molecule has 1 aliphatic rings. The zero-order chi connectivity index (χ0) is 16.4. The fourth-order valence-electron chi connectivity index (χ4n) is 2.80. The monoisotopic (exact) mass is 334 g/mol. The van der Waals surface area contributed by atoms with Gasteiger partial charge in [0.1, 0.15) is 0 Å². The van der Waals surface area contributed by atoms with Crippen LogP contribution in [0.3, 0.4) is 0 Å². The molecule has 23 heavy (non-hydrogen) atoms. The summed E-state index contributed by atoms with van der Waals surface area (Å²) >= 11 is 1.84. The van der Waals surface area contributed by atoms with Gasteiger partial charge < -0.3 is 4.52 Å². The van der Waals surface area contributed by atoms with Crippen molar-refractivity contribution in [2.75, 3.05) is 26.2 Å². The van der Waals surface area contributed by atoms with Gasteiger partial charge in [-0.2, -0.15) is 4.98 Å². The second-order valence-electron chi connectivity index (χ2n) is 7.27. The van der Waals surface area contributed by atoms with Crippen LogP contribution in [0.1, 0.15) is 50.3 Å². The lowest BCUT2D eigenvalue weighted by Gasteiger charge is -2.36. The molecular weight excluding hydrogens is 308 g/mol. The lowest BCUT2D eigenvalue weighted by atomic mass is 9.96. The first kappa shape index (κ1) is 16.6. The zero-order valence-electron chi connectivity index (χ0n) is 14.5. The molecule has 2 aromatic rings.